The zero-order valence-electron chi connectivity index (χ0n) is 12.5. The van der Waals surface area contributed by atoms with Crippen LogP contribution in [-0.4, -0.2) is 32.0 Å². The molecule has 0 atom stereocenters. The molecule has 0 unspecified atom stereocenters. The largest absolute Gasteiger partial charge is 0.507 e. The molecule has 0 radical (unpaired) electrons. The average Bonchev–Trinajstić information content (AvgIpc) is 3.24. The molecule has 0 spiro atoms. The highest BCUT2D eigenvalue weighted by atomic mass is 79.9. The molecule has 0 saturated carbocycles. The molecule has 4 aromatic rings. The van der Waals surface area contributed by atoms with Crippen molar-refractivity contribution in [3.05, 3.63) is 47.5 Å². The van der Waals surface area contributed by atoms with Crippen molar-refractivity contribution in [3.8, 4) is 28.6 Å². The summed E-state index contributed by atoms with van der Waals surface area (Å²) in [5.41, 5.74) is 2.46. The molecule has 0 bridgehead atoms. The van der Waals surface area contributed by atoms with Gasteiger partial charge in [0.05, 0.1) is 22.8 Å². The monoisotopic (exact) mass is 386 g/mol. The number of rotatable bonds is 3. The van der Waals surface area contributed by atoms with E-state index in [1.807, 2.05) is 6.07 Å². The Bertz CT molecular complexity index is 1030. The maximum Gasteiger partial charge on any atom is 0.231 e. The van der Waals surface area contributed by atoms with Gasteiger partial charge in [0.2, 0.25) is 5.89 Å². The number of halogens is 1. The third-order valence-electron chi connectivity index (χ3n) is 3.58. The lowest BCUT2D eigenvalue weighted by Crippen LogP contribution is -1.90. The minimum Gasteiger partial charge on any atom is -0.507 e. The number of oxazole rings is 1. The van der Waals surface area contributed by atoms with Crippen molar-refractivity contribution in [2.24, 2.45) is 0 Å². The SMILES string of the molecule is COc1cc(Br)c2oc(-c3ccc(-n4cnnc4)cc3O)nc2c1. The Morgan fingerprint density at radius 2 is 1.96 bits per heavy atom. The molecule has 8 heteroatoms. The Morgan fingerprint density at radius 1 is 1.17 bits per heavy atom. The Hall–Kier alpha value is -2.87. The summed E-state index contributed by atoms with van der Waals surface area (Å²) < 4.78 is 13.4. The van der Waals surface area contributed by atoms with Crippen molar-refractivity contribution < 1.29 is 14.3 Å². The Balaban J connectivity index is 1.81. The van der Waals surface area contributed by atoms with Gasteiger partial charge in [-0.15, -0.1) is 10.2 Å². The second kappa shape index (κ2) is 5.64. The number of hydrogen-bond donors (Lipinski definition) is 1. The average molecular weight is 387 g/mol. The summed E-state index contributed by atoms with van der Waals surface area (Å²) in [4.78, 5) is 4.44. The Morgan fingerprint density at radius 3 is 2.67 bits per heavy atom. The van der Waals surface area contributed by atoms with Crippen molar-refractivity contribution in [1.82, 2.24) is 19.7 Å². The number of aromatic nitrogens is 4. The minimum atomic E-state index is 0.0517. The van der Waals surface area contributed by atoms with E-state index in [1.165, 1.54) is 0 Å². The summed E-state index contributed by atoms with van der Waals surface area (Å²) in [7, 11) is 1.59. The lowest BCUT2D eigenvalue weighted by atomic mass is 10.2. The topological polar surface area (TPSA) is 86.2 Å². The molecule has 1 N–H and O–H groups in total. The predicted molar refractivity (Wildman–Crippen MR) is 90.3 cm³/mol. The van der Waals surface area contributed by atoms with Crippen LogP contribution >= 0.6 is 15.9 Å². The predicted octanol–water partition coefficient (Wildman–Crippen LogP) is 3.55. The minimum absolute atomic E-state index is 0.0517. The standard InChI is InChI=1S/C16H11BrN4O3/c1-23-10-5-12(17)15-13(6-10)20-16(24-15)11-3-2-9(4-14(11)22)21-7-18-19-8-21/h2-8,22H,1H3. The normalized spacial score (nSPS) is 11.1. The van der Waals surface area contributed by atoms with Crippen molar-refractivity contribution in [2.75, 3.05) is 7.11 Å². The molecule has 0 aliphatic heterocycles. The van der Waals surface area contributed by atoms with Crippen LogP contribution in [0.5, 0.6) is 11.5 Å². The van der Waals surface area contributed by atoms with E-state index >= 15 is 0 Å². The third-order valence-corrected chi connectivity index (χ3v) is 4.17. The fraction of sp³-hybridized carbons (Fsp3) is 0.0625. The summed E-state index contributed by atoms with van der Waals surface area (Å²) in [6.07, 6.45) is 3.11. The highest BCUT2D eigenvalue weighted by Gasteiger charge is 2.16. The van der Waals surface area contributed by atoms with E-state index in [4.69, 9.17) is 9.15 Å². The van der Waals surface area contributed by atoms with E-state index in [0.29, 0.717) is 28.3 Å². The number of nitrogens with zero attached hydrogens (tertiary/aromatic N) is 4. The van der Waals surface area contributed by atoms with Crippen LogP contribution in [0, 0.1) is 0 Å². The van der Waals surface area contributed by atoms with Crippen molar-refractivity contribution >= 4 is 27.0 Å². The van der Waals surface area contributed by atoms with E-state index < -0.39 is 0 Å². The van der Waals surface area contributed by atoms with Gasteiger partial charge in [-0.3, -0.25) is 4.57 Å². The van der Waals surface area contributed by atoms with Crippen LogP contribution in [0.3, 0.4) is 0 Å². The van der Waals surface area contributed by atoms with E-state index in [-0.39, 0.29) is 5.75 Å². The zero-order valence-corrected chi connectivity index (χ0v) is 14.1. The van der Waals surface area contributed by atoms with Gasteiger partial charge in [0.15, 0.2) is 5.58 Å². The fourth-order valence-electron chi connectivity index (χ4n) is 2.40. The number of phenols is 1. The van der Waals surface area contributed by atoms with Crippen LogP contribution in [-0.2, 0) is 0 Å². The quantitative estimate of drug-likeness (QED) is 0.579. The molecule has 0 aliphatic rings. The smallest absolute Gasteiger partial charge is 0.231 e. The van der Waals surface area contributed by atoms with Crippen molar-refractivity contribution in [3.63, 3.8) is 0 Å². The molecule has 0 fully saturated rings. The number of phenolic OH excluding ortho intramolecular Hbond substituents is 1. The molecule has 2 aromatic carbocycles. The van der Waals surface area contributed by atoms with Gasteiger partial charge in [-0.2, -0.15) is 0 Å². The first-order valence-electron chi connectivity index (χ1n) is 6.98. The van der Waals surface area contributed by atoms with Gasteiger partial charge in [0.25, 0.3) is 0 Å². The molecule has 2 aromatic heterocycles. The second-order valence-electron chi connectivity index (χ2n) is 5.05. The highest BCUT2D eigenvalue weighted by molar-refractivity contribution is 9.10. The summed E-state index contributed by atoms with van der Waals surface area (Å²) in [6, 6.07) is 8.73. The first-order valence-corrected chi connectivity index (χ1v) is 7.77. The van der Waals surface area contributed by atoms with Crippen LogP contribution in [0.15, 0.2) is 51.9 Å². The van der Waals surface area contributed by atoms with Crippen LogP contribution < -0.4 is 4.74 Å². The Labute approximate surface area is 144 Å². The molecule has 7 nitrogen and oxygen atoms in total. The number of benzene rings is 2. The number of methoxy groups -OCH3 is 1. The van der Waals surface area contributed by atoms with Gasteiger partial charge in [0, 0.05) is 12.1 Å². The van der Waals surface area contributed by atoms with Gasteiger partial charge in [-0.25, -0.2) is 4.98 Å². The lowest BCUT2D eigenvalue weighted by Gasteiger charge is -2.04. The summed E-state index contributed by atoms with van der Waals surface area (Å²) >= 11 is 3.44. The fourth-order valence-corrected chi connectivity index (χ4v) is 2.91. The molecule has 2 heterocycles. The van der Waals surface area contributed by atoms with Crippen LogP contribution in [0.1, 0.15) is 0 Å². The second-order valence-corrected chi connectivity index (χ2v) is 5.90. The summed E-state index contributed by atoms with van der Waals surface area (Å²) in [6.45, 7) is 0. The molecular formula is C16H11BrN4O3. The van der Waals surface area contributed by atoms with Gasteiger partial charge >= 0.3 is 0 Å². The van der Waals surface area contributed by atoms with Crippen molar-refractivity contribution in [2.45, 2.75) is 0 Å². The molecule has 0 saturated heterocycles. The molecule has 0 aliphatic carbocycles. The summed E-state index contributed by atoms with van der Waals surface area (Å²) in [5.74, 6) is 1.05. The molecule has 24 heavy (non-hydrogen) atoms. The van der Waals surface area contributed by atoms with Crippen LogP contribution in [0.2, 0.25) is 0 Å². The Kier molecular flexibility index (Phi) is 3.46. The van der Waals surface area contributed by atoms with Gasteiger partial charge in [-0.1, -0.05) is 0 Å². The summed E-state index contributed by atoms with van der Waals surface area (Å²) in [5, 5.41) is 17.8. The van der Waals surface area contributed by atoms with Gasteiger partial charge in [0.1, 0.15) is 29.7 Å². The molecule has 4 rings (SSSR count). The van der Waals surface area contributed by atoms with Gasteiger partial charge < -0.3 is 14.3 Å². The first-order chi connectivity index (χ1) is 11.7. The van der Waals surface area contributed by atoms with E-state index in [0.717, 1.165) is 10.2 Å². The molecule has 0 amide bonds. The maximum atomic E-state index is 10.3. The number of aromatic hydroxyl groups is 1. The van der Waals surface area contributed by atoms with Crippen molar-refractivity contribution in [1.29, 1.82) is 0 Å². The van der Waals surface area contributed by atoms with Gasteiger partial charge in [-0.05, 0) is 34.1 Å². The number of hydrogen-bond acceptors (Lipinski definition) is 6. The van der Waals surface area contributed by atoms with Crippen LogP contribution in [0.4, 0.5) is 0 Å². The van der Waals surface area contributed by atoms with E-state index in [1.54, 1.807) is 48.6 Å². The van der Waals surface area contributed by atoms with Crippen LogP contribution in [0.25, 0.3) is 28.2 Å². The highest BCUT2D eigenvalue weighted by Crippen LogP contribution is 2.36. The maximum absolute atomic E-state index is 10.3. The number of fused-ring (bicyclic) bond motifs is 1. The zero-order chi connectivity index (χ0) is 16.7. The first kappa shape index (κ1) is 14.7. The lowest BCUT2D eigenvalue weighted by molar-refractivity contribution is 0.415. The third kappa shape index (κ3) is 2.41. The molecular weight excluding hydrogens is 376 g/mol. The number of ether oxygens (including phenoxy) is 1. The van der Waals surface area contributed by atoms with E-state index in [2.05, 4.69) is 31.1 Å². The molecule has 120 valence electrons. The van der Waals surface area contributed by atoms with E-state index in [9.17, 15) is 5.11 Å².